The van der Waals surface area contributed by atoms with E-state index in [0.29, 0.717) is 5.56 Å². The topological polar surface area (TPSA) is 74.6 Å². The van der Waals surface area contributed by atoms with Crippen molar-refractivity contribution in [3.8, 4) is 0 Å². The Labute approximate surface area is 98.2 Å². The fourth-order valence-electron chi connectivity index (χ4n) is 1.80. The van der Waals surface area contributed by atoms with E-state index in [2.05, 4.69) is 0 Å². The number of aliphatic hydroxyl groups is 2. The van der Waals surface area contributed by atoms with Crippen LogP contribution in [0.25, 0.3) is 5.57 Å². The van der Waals surface area contributed by atoms with Gasteiger partial charge >= 0.3 is 0 Å². The molecular formula is C13H12O4. The lowest BCUT2D eigenvalue weighted by Crippen LogP contribution is -2.43. The second kappa shape index (κ2) is 4.24. The molecule has 1 aliphatic rings. The van der Waals surface area contributed by atoms with Crippen LogP contribution in [0.1, 0.15) is 11.1 Å². The molecule has 1 aromatic rings. The molecule has 2 atom stereocenters. The van der Waals surface area contributed by atoms with Gasteiger partial charge in [-0.1, -0.05) is 29.8 Å². The SMILES string of the molecule is Cc1cccc(C2=CC(=O)[C@@H](O)[C@@H](O)C2=O)c1. The number of Topliss-reactive ketones (excluding diaryl/α,β-unsaturated/α-hetero) is 1. The van der Waals surface area contributed by atoms with Gasteiger partial charge in [-0.05, 0) is 18.6 Å². The van der Waals surface area contributed by atoms with Gasteiger partial charge in [0.05, 0.1) is 0 Å². The maximum Gasteiger partial charge on any atom is 0.195 e. The summed E-state index contributed by atoms with van der Waals surface area (Å²) in [7, 11) is 0. The Morgan fingerprint density at radius 2 is 1.82 bits per heavy atom. The number of ketones is 2. The van der Waals surface area contributed by atoms with Crippen molar-refractivity contribution in [2.24, 2.45) is 0 Å². The molecule has 2 rings (SSSR count). The Morgan fingerprint density at radius 3 is 2.47 bits per heavy atom. The van der Waals surface area contributed by atoms with E-state index in [1.54, 1.807) is 18.2 Å². The fraction of sp³-hybridized carbons (Fsp3) is 0.231. The predicted molar refractivity (Wildman–Crippen MR) is 61.2 cm³/mol. The molecule has 0 saturated heterocycles. The number of carbonyl (C=O) groups excluding carboxylic acids is 2. The van der Waals surface area contributed by atoms with Gasteiger partial charge in [-0.15, -0.1) is 0 Å². The van der Waals surface area contributed by atoms with Crippen LogP contribution in [0.2, 0.25) is 0 Å². The number of hydrogen-bond acceptors (Lipinski definition) is 4. The third-order valence-electron chi connectivity index (χ3n) is 2.74. The van der Waals surface area contributed by atoms with Gasteiger partial charge in [-0.2, -0.15) is 0 Å². The number of rotatable bonds is 1. The van der Waals surface area contributed by atoms with Crippen LogP contribution >= 0.6 is 0 Å². The normalized spacial score (nSPS) is 24.8. The van der Waals surface area contributed by atoms with Crippen LogP contribution in [-0.2, 0) is 9.59 Å². The summed E-state index contributed by atoms with van der Waals surface area (Å²) in [5, 5.41) is 18.7. The van der Waals surface area contributed by atoms with Crippen LogP contribution in [0.15, 0.2) is 30.3 Å². The average molecular weight is 232 g/mol. The number of aryl methyl sites for hydroxylation is 1. The van der Waals surface area contributed by atoms with Gasteiger partial charge in [-0.25, -0.2) is 0 Å². The smallest absolute Gasteiger partial charge is 0.195 e. The minimum absolute atomic E-state index is 0.150. The van der Waals surface area contributed by atoms with Crippen LogP contribution in [-0.4, -0.2) is 34.0 Å². The van der Waals surface area contributed by atoms with Gasteiger partial charge in [0.25, 0.3) is 0 Å². The van der Waals surface area contributed by atoms with Crippen molar-refractivity contribution in [3.05, 3.63) is 41.5 Å². The van der Waals surface area contributed by atoms with Gasteiger partial charge in [0, 0.05) is 5.57 Å². The highest BCUT2D eigenvalue weighted by Crippen LogP contribution is 2.23. The second-order valence-electron chi connectivity index (χ2n) is 4.08. The van der Waals surface area contributed by atoms with E-state index < -0.39 is 23.8 Å². The Balaban J connectivity index is 2.48. The Bertz CT molecular complexity index is 516. The van der Waals surface area contributed by atoms with Crippen molar-refractivity contribution < 1.29 is 19.8 Å². The van der Waals surface area contributed by atoms with E-state index in [9.17, 15) is 19.8 Å². The Morgan fingerprint density at radius 1 is 1.12 bits per heavy atom. The zero-order chi connectivity index (χ0) is 12.6. The summed E-state index contributed by atoms with van der Waals surface area (Å²) in [6.07, 6.45) is -2.21. The molecule has 2 N–H and O–H groups in total. The quantitative estimate of drug-likeness (QED) is 0.728. The lowest BCUT2D eigenvalue weighted by Gasteiger charge is -2.21. The zero-order valence-electron chi connectivity index (χ0n) is 9.25. The van der Waals surface area contributed by atoms with Crippen LogP contribution in [0, 0.1) is 6.92 Å². The van der Waals surface area contributed by atoms with Gasteiger partial charge in [0.1, 0.15) is 6.10 Å². The molecule has 4 nitrogen and oxygen atoms in total. The minimum atomic E-state index is -1.66. The van der Waals surface area contributed by atoms with Crippen LogP contribution in [0.5, 0.6) is 0 Å². The lowest BCUT2D eigenvalue weighted by molar-refractivity contribution is -0.138. The molecule has 0 unspecified atom stereocenters. The summed E-state index contributed by atoms with van der Waals surface area (Å²) < 4.78 is 0. The molecule has 0 spiro atoms. The Hall–Kier alpha value is -1.78. The summed E-state index contributed by atoms with van der Waals surface area (Å²) in [4.78, 5) is 23.1. The van der Waals surface area contributed by atoms with Gasteiger partial charge < -0.3 is 10.2 Å². The summed E-state index contributed by atoms with van der Waals surface area (Å²) >= 11 is 0. The number of aliphatic hydroxyl groups excluding tert-OH is 2. The minimum Gasteiger partial charge on any atom is -0.382 e. The molecule has 4 heteroatoms. The molecule has 88 valence electrons. The molecule has 0 aliphatic heterocycles. The number of benzene rings is 1. The van der Waals surface area contributed by atoms with Crippen LogP contribution in [0.3, 0.4) is 0 Å². The predicted octanol–water partition coefficient (Wildman–Crippen LogP) is 0.252. The molecule has 0 amide bonds. The van der Waals surface area contributed by atoms with Gasteiger partial charge in [-0.3, -0.25) is 9.59 Å². The van der Waals surface area contributed by atoms with E-state index in [0.717, 1.165) is 11.6 Å². The first kappa shape index (κ1) is 11.7. The van der Waals surface area contributed by atoms with E-state index in [1.165, 1.54) is 0 Å². The molecule has 17 heavy (non-hydrogen) atoms. The zero-order valence-corrected chi connectivity index (χ0v) is 9.25. The van der Waals surface area contributed by atoms with Crippen molar-refractivity contribution in [1.29, 1.82) is 0 Å². The lowest BCUT2D eigenvalue weighted by atomic mass is 9.87. The molecular weight excluding hydrogens is 220 g/mol. The van der Waals surface area contributed by atoms with E-state index in [4.69, 9.17) is 0 Å². The first-order chi connectivity index (χ1) is 8.00. The standard InChI is InChI=1S/C13H12O4/c1-7-3-2-4-8(5-7)9-6-10(14)12(16)13(17)11(9)15/h2-6,12-13,16-17H,1H3/t12-,13+/m1/s1. The van der Waals surface area contributed by atoms with Crippen molar-refractivity contribution in [2.45, 2.75) is 19.1 Å². The summed E-state index contributed by atoms with van der Waals surface area (Å²) in [6, 6.07) is 7.07. The highest BCUT2D eigenvalue weighted by molar-refractivity contribution is 6.30. The molecule has 0 fully saturated rings. The molecule has 0 heterocycles. The molecule has 0 saturated carbocycles. The van der Waals surface area contributed by atoms with E-state index in [-0.39, 0.29) is 5.57 Å². The highest BCUT2D eigenvalue weighted by Gasteiger charge is 2.36. The van der Waals surface area contributed by atoms with Crippen molar-refractivity contribution >= 4 is 17.1 Å². The molecule has 0 bridgehead atoms. The number of carbonyl (C=O) groups is 2. The second-order valence-corrected chi connectivity index (χ2v) is 4.08. The summed E-state index contributed by atoms with van der Waals surface area (Å²) in [5.41, 5.74) is 1.68. The maximum atomic E-state index is 11.8. The van der Waals surface area contributed by atoms with Crippen LogP contribution in [0.4, 0.5) is 0 Å². The van der Waals surface area contributed by atoms with Gasteiger partial charge in [0.15, 0.2) is 17.7 Å². The third-order valence-corrected chi connectivity index (χ3v) is 2.74. The van der Waals surface area contributed by atoms with Crippen molar-refractivity contribution in [2.75, 3.05) is 0 Å². The van der Waals surface area contributed by atoms with E-state index in [1.807, 2.05) is 13.0 Å². The molecule has 1 aromatic carbocycles. The highest BCUT2D eigenvalue weighted by atomic mass is 16.3. The Kier molecular flexibility index (Phi) is 2.92. The molecule has 0 radical (unpaired) electrons. The van der Waals surface area contributed by atoms with E-state index >= 15 is 0 Å². The number of hydrogen-bond donors (Lipinski definition) is 2. The molecule has 1 aliphatic carbocycles. The van der Waals surface area contributed by atoms with Gasteiger partial charge in [0.2, 0.25) is 0 Å². The van der Waals surface area contributed by atoms with Crippen LogP contribution < -0.4 is 0 Å². The third kappa shape index (κ3) is 2.05. The monoisotopic (exact) mass is 232 g/mol. The summed E-state index contributed by atoms with van der Waals surface area (Å²) in [5.74, 6) is -1.27. The summed E-state index contributed by atoms with van der Waals surface area (Å²) in [6.45, 7) is 1.87. The first-order valence-electron chi connectivity index (χ1n) is 5.23. The first-order valence-corrected chi connectivity index (χ1v) is 5.23. The van der Waals surface area contributed by atoms with Crippen molar-refractivity contribution in [3.63, 3.8) is 0 Å². The average Bonchev–Trinajstić information content (AvgIpc) is 2.31. The molecule has 0 aromatic heterocycles. The maximum absolute atomic E-state index is 11.8. The largest absolute Gasteiger partial charge is 0.382 e. The fourth-order valence-corrected chi connectivity index (χ4v) is 1.80. The van der Waals surface area contributed by atoms with Crippen molar-refractivity contribution in [1.82, 2.24) is 0 Å².